The van der Waals surface area contributed by atoms with Crippen LogP contribution in [0.25, 0.3) is 0 Å². The highest BCUT2D eigenvalue weighted by Gasteiger charge is 2.03. The number of hydrogen-bond acceptors (Lipinski definition) is 2. The number of halogens is 1. The fourth-order valence-electron chi connectivity index (χ4n) is 2.02. The summed E-state index contributed by atoms with van der Waals surface area (Å²) in [6.45, 7) is 5.63. The van der Waals surface area contributed by atoms with Crippen LogP contribution in [0.4, 0.5) is 4.79 Å². The van der Waals surface area contributed by atoms with Crippen LogP contribution in [0.1, 0.15) is 17.0 Å². The Kier molecular flexibility index (Phi) is 5.22. The molecule has 0 aliphatic carbocycles. The van der Waals surface area contributed by atoms with E-state index in [9.17, 15) is 4.79 Å². The van der Waals surface area contributed by atoms with E-state index in [4.69, 9.17) is 11.6 Å². The third kappa shape index (κ3) is 4.79. The normalized spacial score (nSPS) is 10.4. The highest BCUT2D eigenvalue weighted by atomic mass is 35.5. The second-order valence-corrected chi connectivity index (χ2v) is 5.32. The Morgan fingerprint density at radius 3 is 2.57 bits per heavy atom. The lowest BCUT2D eigenvalue weighted by molar-refractivity contribution is 0.240. The van der Waals surface area contributed by atoms with Crippen LogP contribution in [0.3, 0.4) is 0 Å². The van der Waals surface area contributed by atoms with Crippen LogP contribution in [0.2, 0.25) is 5.02 Å². The van der Waals surface area contributed by atoms with Crippen LogP contribution < -0.4 is 10.6 Å². The number of nitrogens with one attached hydrogen (secondary N) is 2. The summed E-state index contributed by atoms with van der Waals surface area (Å²) in [4.78, 5) is 11.7. The zero-order valence-electron chi connectivity index (χ0n) is 12.2. The van der Waals surface area contributed by atoms with Gasteiger partial charge in [-0.2, -0.15) is 5.10 Å². The van der Waals surface area contributed by atoms with Crippen molar-refractivity contribution in [2.75, 3.05) is 6.54 Å². The van der Waals surface area contributed by atoms with Crippen molar-refractivity contribution < 1.29 is 4.79 Å². The highest BCUT2D eigenvalue weighted by Crippen LogP contribution is 2.08. The number of carbonyl (C=O) groups excluding carboxylic acids is 1. The summed E-state index contributed by atoms with van der Waals surface area (Å²) in [6, 6.07) is 9.21. The first-order chi connectivity index (χ1) is 10.0. The molecule has 2 amide bonds. The first-order valence-corrected chi connectivity index (χ1v) is 7.19. The standard InChI is InChI=1S/C15H19ClN4O/c1-11-9-12(2)20(19-11)8-7-17-15(21)18-10-13-3-5-14(16)6-4-13/h3-6,9H,7-8,10H2,1-2H3,(H2,17,18,21). The van der Waals surface area contributed by atoms with Crippen LogP contribution in [-0.2, 0) is 13.1 Å². The van der Waals surface area contributed by atoms with E-state index >= 15 is 0 Å². The summed E-state index contributed by atoms with van der Waals surface area (Å²) in [5.41, 5.74) is 3.09. The van der Waals surface area contributed by atoms with E-state index in [2.05, 4.69) is 15.7 Å². The molecular formula is C15H19ClN4O. The Labute approximate surface area is 129 Å². The summed E-state index contributed by atoms with van der Waals surface area (Å²) in [5, 5.41) is 10.6. The van der Waals surface area contributed by atoms with Gasteiger partial charge >= 0.3 is 6.03 Å². The number of hydrogen-bond donors (Lipinski definition) is 2. The summed E-state index contributed by atoms with van der Waals surface area (Å²) in [6.07, 6.45) is 0. The molecule has 1 heterocycles. The number of aromatic nitrogens is 2. The van der Waals surface area contributed by atoms with Gasteiger partial charge in [0.2, 0.25) is 0 Å². The molecule has 0 aliphatic heterocycles. The molecule has 1 aromatic carbocycles. The van der Waals surface area contributed by atoms with Gasteiger partial charge in [-0.3, -0.25) is 4.68 Å². The minimum Gasteiger partial charge on any atom is -0.336 e. The van der Waals surface area contributed by atoms with Gasteiger partial charge in [0.05, 0.1) is 12.2 Å². The third-order valence-corrected chi connectivity index (χ3v) is 3.33. The van der Waals surface area contributed by atoms with Gasteiger partial charge in [-0.1, -0.05) is 23.7 Å². The maximum Gasteiger partial charge on any atom is 0.315 e. The first-order valence-electron chi connectivity index (χ1n) is 6.82. The van der Waals surface area contributed by atoms with Gasteiger partial charge in [0.25, 0.3) is 0 Å². The van der Waals surface area contributed by atoms with Crippen LogP contribution in [0.15, 0.2) is 30.3 Å². The minimum atomic E-state index is -0.188. The van der Waals surface area contributed by atoms with Gasteiger partial charge in [0.15, 0.2) is 0 Å². The average molecular weight is 307 g/mol. The number of benzene rings is 1. The second kappa shape index (κ2) is 7.13. The van der Waals surface area contributed by atoms with E-state index in [1.807, 2.05) is 36.7 Å². The van der Waals surface area contributed by atoms with E-state index in [1.165, 1.54) is 0 Å². The third-order valence-electron chi connectivity index (χ3n) is 3.08. The van der Waals surface area contributed by atoms with Crippen LogP contribution >= 0.6 is 11.6 Å². The van der Waals surface area contributed by atoms with Crippen molar-refractivity contribution in [3.63, 3.8) is 0 Å². The summed E-state index contributed by atoms with van der Waals surface area (Å²) in [5.74, 6) is 0. The Balaban J connectivity index is 1.70. The van der Waals surface area contributed by atoms with E-state index < -0.39 is 0 Å². The van der Waals surface area contributed by atoms with E-state index in [1.54, 1.807) is 12.1 Å². The molecule has 0 saturated carbocycles. The summed E-state index contributed by atoms with van der Waals surface area (Å²) in [7, 11) is 0. The molecule has 5 nitrogen and oxygen atoms in total. The molecule has 2 rings (SSSR count). The van der Waals surface area contributed by atoms with Gasteiger partial charge < -0.3 is 10.6 Å². The zero-order chi connectivity index (χ0) is 15.2. The molecule has 0 bridgehead atoms. The molecular weight excluding hydrogens is 288 g/mol. The molecule has 0 unspecified atom stereocenters. The van der Waals surface area contributed by atoms with Crippen molar-refractivity contribution in [1.82, 2.24) is 20.4 Å². The van der Waals surface area contributed by atoms with E-state index in [0.29, 0.717) is 24.7 Å². The Bertz CT molecular complexity index is 607. The number of aryl methyl sites for hydroxylation is 2. The highest BCUT2D eigenvalue weighted by molar-refractivity contribution is 6.30. The van der Waals surface area contributed by atoms with Crippen molar-refractivity contribution in [2.24, 2.45) is 0 Å². The number of rotatable bonds is 5. The van der Waals surface area contributed by atoms with Crippen molar-refractivity contribution in [3.05, 3.63) is 52.3 Å². The molecule has 0 saturated heterocycles. The molecule has 0 radical (unpaired) electrons. The van der Waals surface area contributed by atoms with Gasteiger partial charge in [-0.25, -0.2) is 4.79 Å². The molecule has 2 aromatic rings. The quantitative estimate of drug-likeness (QED) is 0.892. The fraction of sp³-hybridized carbons (Fsp3) is 0.333. The van der Waals surface area contributed by atoms with Crippen molar-refractivity contribution in [1.29, 1.82) is 0 Å². The van der Waals surface area contributed by atoms with Gasteiger partial charge in [-0.05, 0) is 37.6 Å². The maximum atomic E-state index is 11.7. The van der Waals surface area contributed by atoms with Gasteiger partial charge in [0.1, 0.15) is 0 Å². The van der Waals surface area contributed by atoms with Crippen molar-refractivity contribution in [2.45, 2.75) is 26.9 Å². The lowest BCUT2D eigenvalue weighted by Gasteiger charge is -2.09. The first kappa shape index (κ1) is 15.4. The van der Waals surface area contributed by atoms with Crippen LogP contribution in [0, 0.1) is 13.8 Å². The van der Waals surface area contributed by atoms with Crippen molar-refractivity contribution in [3.8, 4) is 0 Å². The average Bonchev–Trinajstić information content (AvgIpc) is 2.76. The predicted molar refractivity (Wildman–Crippen MR) is 83.4 cm³/mol. The zero-order valence-corrected chi connectivity index (χ0v) is 12.9. The van der Waals surface area contributed by atoms with Crippen molar-refractivity contribution >= 4 is 17.6 Å². The lowest BCUT2D eigenvalue weighted by Crippen LogP contribution is -2.37. The monoisotopic (exact) mass is 306 g/mol. The molecule has 6 heteroatoms. The number of urea groups is 1. The number of carbonyl (C=O) groups is 1. The minimum absolute atomic E-state index is 0.188. The second-order valence-electron chi connectivity index (χ2n) is 4.89. The Hall–Kier alpha value is -2.01. The number of amides is 2. The van der Waals surface area contributed by atoms with E-state index in [-0.39, 0.29) is 6.03 Å². The maximum absolute atomic E-state index is 11.7. The molecule has 0 atom stereocenters. The molecule has 112 valence electrons. The van der Waals surface area contributed by atoms with E-state index in [0.717, 1.165) is 17.0 Å². The summed E-state index contributed by atoms with van der Waals surface area (Å²) >= 11 is 5.81. The SMILES string of the molecule is Cc1cc(C)n(CCNC(=O)NCc2ccc(Cl)cc2)n1. The topological polar surface area (TPSA) is 59.0 Å². The van der Waals surface area contributed by atoms with Gasteiger partial charge in [-0.15, -0.1) is 0 Å². The van der Waals surface area contributed by atoms with Crippen LogP contribution in [-0.4, -0.2) is 22.4 Å². The predicted octanol–water partition coefficient (Wildman–Crippen LogP) is 2.65. The lowest BCUT2D eigenvalue weighted by atomic mass is 10.2. The summed E-state index contributed by atoms with van der Waals surface area (Å²) < 4.78 is 1.88. The molecule has 2 N–H and O–H groups in total. The molecule has 21 heavy (non-hydrogen) atoms. The number of nitrogens with zero attached hydrogens (tertiary/aromatic N) is 2. The molecule has 0 fully saturated rings. The fourth-order valence-corrected chi connectivity index (χ4v) is 2.15. The molecule has 0 spiro atoms. The largest absolute Gasteiger partial charge is 0.336 e. The smallest absolute Gasteiger partial charge is 0.315 e. The Morgan fingerprint density at radius 2 is 1.95 bits per heavy atom. The molecule has 0 aliphatic rings. The Morgan fingerprint density at radius 1 is 1.24 bits per heavy atom. The van der Waals surface area contributed by atoms with Gasteiger partial charge in [0, 0.05) is 23.8 Å². The molecule has 1 aromatic heterocycles. The van der Waals surface area contributed by atoms with Crippen LogP contribution in [0.5, 0.6) is 0 Å².